The van der Waals surface area contributed by atoms with Gasteiger partial charge in [-0.3, -0.25) is 0 Å². The Morgan fingerprint density at radius 1 is 1.41 bits per heavy atom. The van der Waals surface area contributed by atoms with Gasteiger partial charge in [-0.1, -0.05) is 6.92 Å². The quantitative estimate of drug-likeness (QED) is 0.696. The standard InChI is InChI=1S/C11H14O6/c1-2-4-17-11(9(12)13,10(14)15)6-8-3-5-16-7-8/h3,5,7H,2,4,6H2,1H3,(H,12,13)(H,14,15). The van der Waals surface area contributed by atoms with Crippen molar-refractivity contribution in [2.24, 2.45) is 0 Å². The van der Waals surface area contributed by atoms with Gasteiger partial charge in [0.1, 0.15) is 0 Å². The summed E-state index contributed by atoms with van der Waals surface area (Å²) >= 11 is 0. The zero-order valence-electron chi connectivity index (χ0n) is 9.38. The van der Waals surface area contributed by atoms with E-state index in [-0.39, 0.29) is 13.0 Å². The number of ether oxygens (including phenoxy) is 1. The third-order valence-corrected chi connectivity index (χ3v) is 2.28. The van der Waals surface area contributed by atoms with Crippen LogP contribution in [0.2, 0.25) is 0 Å². The lowest BCUT2D eigenvalue weighted by atomic mass is 9.96. The molecule has 0 atom stereocenters. The van der Waals surface area contributed by atoms with Gasteiger partial charge in [0, 0.05) is 13.0 Å². The summed E-state index contributed by atoms with van der Waals surface area (Å²) < 4.78 is 9.82. The normalized spacial score (nSPS) is 11.4. The van der Waals surface area contributed by atoms with E-state index >= 15 is 0 Å². The first-order valence-electron chi connectivity index (χ1n) is 5.14. The molecule has 0 saturated carbocycles. The number of carboxylic acid groups (broad SMARTS) is 2. The molecular formula is C11H14O6. The second-order valence-corrected chi connectivity index (χ2v) is 3.59. The molecule has 0 aliphatic heterocycles. The van der Waals surface area contributed by atoms with Gasteiger partial charge in [-0.15, -0.1) is 0 Å². The Balaban J connectivity index is 2.97. The molecule has 0 saturated heterocycles. The Kier molecular flexibility index (Phi) is 4.28. The highest BCUT2D eigenvalue weighted by Crippen LogP contribution is 2.20. The largest absolute Gasteiger partial charge is 0.479 e. The predicted molar refractivity (Wildman–Crippen MR) is 56.7 cm³/mol. The highest BCUT2D eigenvalue weighted by Gasteiger charge is 2.48. The summed E-state index contributed by atoms with van der Waals surface area (Å²) in [4.78, 5) is 22.3. The van der Waals surface area contributed by atoms with Crippen LogP contribution in [0.1, 0.15) is 18.9 Å². The summed E-state index contributed by atoms with van der Waals surface area (Å²) in [6, 6.07) is 1.51. The molecular weight excluding hydrogens is 228 g/mol. The number of hydrogen-bond donors (Lipinski definition) is 2. The highest BCUT2D eigenvalue weighted by atomic mass is 16.6. The van der Waals surface area contributed by atoms with Gasteiger partial charge in [-0.05, 0) is 18.1 Å². The summed E-state index contributed by atoms with van der Waals surface area (Å²) in [7, 11) is 0. The molecule has 1 aromatic heterocycles. The second kappa shape index (κ2) is 5.49. The number of carbonyl (C=O) groups is 2. The van der Waals surface area contributed by atoms with E-state index in [9.17, 15) is 9.59 Å². The topological polar surface area (TPSA) is 97.0 Å². The van der Waals surface area contributed by atoms with Crippen molar-refractivity contribution in [2.75, 3.05) is 6.61 Å². The van der Waals surface area contributed by atoms with Gasteiger partial charge in [0.25, 0.3) is 5.60 Å². The maximum absolute atomic E-state index is 11.2. The third-order valence-electron chi connectivity index (χ3n) is 2.28. The van der Waals surface area contributed by atoms with Crippen molar-refractivity contribution >= 4 is 11.9 Å². The van der Waals surface area contributed by atoms with E-state index in [0.29, 0.717) is 12.0 Å². The fourth-order valence-corrected chi connectivity index (χ4v) is 1.37. The molecule has 0 spiro atoms. The fourth-order valence-electron chi connectivity index (χ4n) is 1.37. The monoisotopic (exact) mass is 242 g/mol. The van der Waals surface area contributed by atoms with E-state index in [1.54, 1.807) is 6.92 Å². The molecule has 94 valence electrons. The smallest absolute Gasteiger partial charge is 0.348 e. The van der Waals surface area contributed by atoms with Crippen LogP contribution < -0.4 is 0 Å². The minimum absolute atomic E-state index is 0.0659. The fraction of sp³-hybridized carbons (Fsp3) is 0.455. The molecule has 6 nitrogen and oxygen atoms in total. The number of aliphatic carboxylic acids is 2. The Morgan fingerprint density at radius 2 is 2.06 bits per heavy atom. The molecule has 0 bridgehead atoms. The summed E-state index contributed by atoms with van der Waals surface area (Å²) in [5.74, 6) is -3.03. The van der Waals surface area contributed by atoms with Crippen molar-refractivity contribution in [3.8, 4) is 0 Å². The van der Waals surface area contributed by atoms with E-state index in [2.05, 4.69) is 0 Å². The van der Waals surface area contributed by atoms with E-state index in [1.807, 2.05) is 0 Å². The molecule has 6 heteroatoms. The Morgan fingerprint density at radius 3 is 2.47 bits per heavy atom. The lowest BCUT2D eigenvalue weighted by molar-refractivity contribution is -0.183. The van der Waals surface area contributed by atoms with Crippen LogP contribution in [0.15, 0.2) is 23.0 Å². The Hall–Kier alpha value is -1.82. The van der Waals surface area contributed by atoms with Crippen molar-refractivity contribution in [2.45, 2.75) is 25.4 Å². The molecule has 17 heavy (non-hydrogen) atoms. The van der Waals surface area contributed by atoms with Gasteiger partial charge in [-0.2, -0.15) is 0 Å². The molecule has 0 radical (unpaired) electrons. The zero-order valence-corrected chi connectivity index (χ0v) is 9.38. The molecule has 2 N–H and O–H groups in total. The average molecular weight is 242 g/mol. The number of rotatable bonds is 7. The maximum atomic E-state index is 11.2. The van der Waals surface area contributed by atoms with Crippen molar-refractivity contribution in [1.82, 2.24) is 0 Å². The molecule has 0 unspecified atom stereocenters. The second-order valence-electron chi connectivity index (χ2n) is 3.59. The molecule has 0 aromatic carbocycles. The minimum atomic E-state index is -2.25. The molecule has 0 aliphatic carbocycles. The maximum Gasteiger partial charge on any atom is 0.348 e. The van der Waals surface area contributed by atoms with E-state index in [4.69, 9.17) is 19.4 Å². The van der Waals surface area contributed by atoms with Gasteiger partial charge in [0.05, 0.1) is 12.5 Å². The molecule has 1 aromatic rings. The van der Waals surface area contributed by atoms with Crippen LogP contribution in [0, 0.1) is 0 Å². The highest BCUT2D eigenvalue weighted by molar-refractivity contribution is 6.02. The first-order valence-corrected chi connectivity index (χ1v) is 5.14. The van der Waals surface area contributed by atoms with Crippen LogP contribution in [0.3, 0.4) is 0 Å². The zero-order chi connectivity index (χ0) is 12.9. The molecule has 0 amide bonds. The molecule has 1 rings (SSSR count). The number of hydrogen-bond acceptors (Lipinski definition) is 4. The van der Waals surface area contributed by atoms with E-state index in [1.165, 1.54) is 18.6 Å². The van der Waals surface area contributed by atoms with Crippen molar-refractivity contribution in [3.05, 3.63) is 24.2 Å². The van der Waals surface area contributed by atoms with Gasteiger partial charge in [-0.25, -0.2) is 9.59 Å². The van der Waals surface area contributed by atoms with E-state index in [0.717, 1.165) is 0 Å². The number of furan rings is 1. The van der Waals surface area contributed by atoms with Crippen molar-refractivity contribution in [3.63, 3.8) is 0 Å². The van der Waals surface area contributed by atoms with Gasteiger partial charge >= 0.3 is 11.9 Å². The Bertz CT molecular complexity index is 367. The van der Waals surface area contributed by atoms with Crippen LogP contribution in [0.5, 0.6) is 0 Å². The van der Waals surface area contributed by atoms with Crippen LogP contribution in [-0.4, -0.2) is 34.4 Å². The first kappa shape index (κ1) is 13.2. The van der Waals surface area contributed by atoms with Crippen LogP contribution >= 0.6 is 0 Å². The predicted octanol–water partition coefficient (Wildman–Crippen LogP) is 1.16. The summed E-state index contributed by atoms with van der Waals surface area (Å²) in [5.41, 5.74) is -1.79. The molecule has 0 aliphatic rings. The Labute approximate surface area is 97.8 Å². The molecule has 1 heterocycles. The van der Waals surface area contributed by atoms with E-state index < -0.39 is 17.5 Å². The third kappa shape index (κ3) is 2.85. The van der Waals surface area contributed by atoms with Crippen molar-refractivity contribution in [1.29, 1.82) is 0 Å². The van der Waals surface area contributed by atoms with Gasteiger partial charge in [0.15, 0.2) is 0 Å². The van der Waals surface area contributed by atoms with Crippen LogP contribution in [-0.2, 0) is 20.7 Å². The first-order chi connectivity index (χ1) is 8.03. The molecule has 0 fully saturated rings. The van der Waals surface area contributed by atoms with Crippen LogP contribution in [0.4, 0.5) is 0 Å². The lowest BCUT2D eigenvalue weighted by Crippen LogP contribution is -2.51. The van der Waals surface area contributed by atoms with Crippen LogP contribution in [0.25, 0.3) is 0 Å². The SMILES string of the molecule is CCCOC(Cc1ccoc1)(C(=O)O)C(=O)O. The van der Waals surface area contributed by atoms with Crippen molar-refractivity contribution < 1.29 is 29.0 Å². The van der Waals surface area contributed by atoms with Gasteiger partial charge < -0.3 is 19.4 Å². The summed E-state index contributed by atoms with van der Waals surface area (Å²) in [5, 5.41) is 18.2. The lowest BCUT2D eigenvalue weighted by Gasteiger charge is -2.24. The van der Waals surface area contributed by atoms with Gasteiger partial charge in [0.2, 0.25) is 0 Å². The number of carboxylic acids is 2. The average Bonchev–Trinajstić information content (AvgIpc) is 2.75. The summed E-state index contributed by atoms with van der Waals surface area (Å²) in [6.45, 7) is 1.84. The minimum Gasteiger partial charge on any atom is -0.479 e. The summed E-state index contributed by atoms with van der Waals surface area (Å²) in [6.07, 6.45) is 2.92.